The number of fused-ring (bicyclic) bond motifs is 1. The first-order chi connectivity index (χ1) is 12.9. The second-order valence-electron chi connectivity index (χ2n) is 6.40. The predicted molar refractivity (Wildman–Crippen MR) is 95.5 cm³/mol. The highest BCUT2D eigenvalue weighted by molar-refractivity contribution is 5.96. The molecule has 1 aliphatic carbocycles. The molecule has 3 aromatic rings. The number of benzene rings is 2. The quantitative estimate of drug-likeness (QED) is 0.749. The van der Waals surface area contributed by atoms with Gasteiger partial charge >= 0.3 is 11.9 Å². The molecule has 1 aliphatic rings. The third kappa shape index (κ3) is 3.22. The summed E-state index contributed by atoms with van der Waals surface area (Å²) in [6, 6.07) is 10.5. The minimum Gasteiger partial charge on any atom is -0.496 e. The van der Waals surface area contributed by atoms with Crippen LogP contribution < -0.4 is 15.7 Å². The van der Waals surface area contributed by atoms with Gasteiger partial charge in [0.25, 0.3) is 0 Å². The van der Waals surface area contributed by atoms with Gasteiger partial charge in [-0.25, -0.2) is 4.79 Å². The molecule has 2 aromatic carbocycles. The van der Waals surface area contributed by atoms with Crippen LogP contribution >= 0.6 is 0 Å². The Kier molecular flexibility index (Phi) is 4.05. The molecule has 1 fully saturated rings. The number of nitrogens with one attached hydrogen (secondary N) is 1. The Morgan fingerprint density at radius 3 is 2.48 bits per heavy atom. The maximum Gasteiger partial charge on any atom is 0.416 e. The topological polar surface area (TPSA) is 56.1 Å². The molecule has 1 N–H and O–H groups in total. The normalized spacial score (nSPS) is 14.4. The Labute approximate surface area is 152 Å². The zero-order valence-electron chi connectivity index (χ0n) is 14.4. The molecule has 0 bridgehead atoms. The van der Waals surface area contributed by atoms with Crippen molar-refractivity contribution in [2.75, 3.05) is 12.4 Å². The Morgan fingerprint density at radius 2 is 1.89 bits per heavy atom. The maximum atomic E-state index is 13.4. The molecule has 27 heavy (non-hydrogen) atoms. The molecule has 0 unspecified atom stereocenters. The van der Waals surface area contributed by atoms with Gasteiger partial charge in [0.05, 0.1) is 29.3 Å². The fourth-order valence-electron chi connectivity index (χ4n) is 3.00. The number of anilines is 1. The van der Waals surface area contributed by atoms with Crippen molar-refractivity contribution >= 4 is 16.7 Å². The Bertz CT molecular complexity index is 1060. The Balaban J connectivity index is 2.10. The maximum absolute atomic E-state index is 13.4. The van der Waals surface area contributed by atoms with Crippen LogP contribution in [0, 0.1) is 0 Å². The van der Waals surface area contributed by atoms with Crippen LogP contribution in [0.25, 0.3) is 16.6 Å². The highest BCUT2D eigenvalue weighted by Gasteiger charge is 2.33. The first kappa shape index (κ1) is 17.4. The van der Waals surface area contributed by atoms with Crippen LogP contribution in [0.5, 0.6) is 5.75 Å². The van der Waals surface area contributed by atoms with E-state index in [1.165, 1.54) is 11.7 Å². The molecule has 0 atom stereocenters. The predicted octanol–water partition coefficient (Wildman–Crippen LogP) is 3.99. The van der Waals surface area contributed by atoms with E-state index in [0.717, 1.165) is 25.0 Å². The molecular formula is C19H16F3N3O2. The smallest absolute Gasteiger partial charge is 0.416 e. The van der Waals surface area contributed by atoms with Gasteiger partial charge in [0.1, 0.15) is 11.6 Å². The lowest BCUT2D eigenvalue weighted by molar-refractivity contribution is -0.137. The van der Waals surface area contributed by atoms with Crippen molar-refractivity contribution in [2.24, 2.45) is 0 Å². The van der Waals surface area contributed by atoms with Crippen molar-refractivity contribution in [3.63, 3.8) is 0 Å². The largest absolute Gasteiger partial charge is 0.496 e. The first-order valence-corrected chi connectivity index (χ1v) is 8.42. The second-order valence-corrected chi connectivity index (χ2v) is 6.40. The summed E-state index contributed by atoms with van der Waals surface area (Å²) < 4.78 is 46.7. The zero-order valence-corrected chi connectivity index (χ0v) is 14.4. The lowest BCUT2D eigenvalue weighted by atomic mass is 10.1. The summed E-state index contributed by atoms with van der Waals surface area (Å²) in [5, 5.41) is 3.47. The van der Waals surface area contributed by atoms with Crippen LogP contribution in [0.3, 0.4) is 0 Å². The molecule has 1 aromatic heterocycles. The second kappa shape index (κ2) is 6.29. The van der Waals surface area contributed by atoms with Crippen LogP contribution in [0.15, 0.2) is 47.3 Å². The van der Waals surface area contributed by atoms with Gasteiger partial charge in [-0.3, -0.25) is 4.57 Å². The number of rotatable bonds is 4. The fourth-order valence-corrected chi connectivity index (χ4v) is 3.00. The molecule has 5 nitrogen and oxygen atoms in total. The summed E-state index contributed by atoms with van der Waals surface area (Å²) in [6.07, 6.45) is -2.73. The van der Waals surface area contributed by atoms with Crippen LogP contribution in [-0.4, -0.2) is 22.7 Å². The van der Waals surface area contributed by atoms with Crippen molar-refractivity contribution < 1.29 is 17.9 Å². The number of methoxy groups -OCH3 is 1. The highest BCUT2D eigenvalue weighted by Crippen LogP contribution is 2.39. The summed E-state index contributed by atoms with van der Waals surface area (Å²) in [5.41, 5.74) is -1.02. The van der Waals surface area contributed by atoms with Crippen molar-refractivity contribution in [1.29, 1.82) is 0 Å². The molecule has 1 saturated carbocycles. The minimum atomic E-state index is -4.58. The molecule has 0 amide bonds. The van der Waals surface area contributed by atoms with Crippen molar-refractivity contribution in [3.05, 3.63) is 58.5 Å². The van der Waals surface area contributed by atoms with E-state index in [1.54, 1.807) is 30.3 Å². The summed E-state index contributed by atoms with van der Waals surface area (Å²) in [5.74, 6) is 0.260. The molecule has 4 rings (SSSR count). The van der Waals surface area contributed by atoms with Crippen LogP contribution in [0.1, 0.15) is 18.4 Å². The van der Waals surface area contributed by atoms with E-state index < -0.39 is 17.4 Å². The van der Waals surface area contributed by atoms with E-state index >= 15 is 0 Å². The van der Waals surface area contributed by atoms with E-state index in [-0.39, 0.29) is 23.1 Å². The number of ether oxygens (including phenoxy) is 1. The number of aromatic nitrogens is 2. The average molecular weight is 375 g/mol. The van der Waals surface area contributed by atoms with Gasteiger partial charge < -0.3 is 10.1 Å². The summed E-state index contributed by atoms with van der Waals surface area (Å²) in [4.78, 5) is 16.8. The van der Waals surface area contributed by atoms with E-state index in [1.807, 2.05) is 0 Å². The van der Waals surface area contributed by atoms with E-state index in [9.17, 15) is 18.0 Å². The van der Waals surface area contributed by atoms with Gasteiger partial charge in [-0.2, -0.15) is 18.2 Å². The minimum absolute atomic E-state index is 0.0140. The average Bonchev–Trinajstić information content (AvgIpc) is 3.44. The number of alkyl halides is 3. The SMILES string of the molecule is COc1cc(C(F)(F)F)cc2c1c(NC1CC1)nc(=O)n2-c1ccccc1. The third-order valence-electron chi connectivity index (χ3n) is 4.44. The van der Waals surface area contributed by atoms with Crippen molar-refractivity contribution in [2.45, 2.75) is 25.1 Å². The number of para-hydroxylation sites is 1. The Hall–Kier alpha value is -3.03. The molecular weight excluding hydrogens is 359 g/mol. The van der Waals surface area contributed by atoms with Crippen molar-refractivity contribution in [1.82, 2.24) is 9.55 Å². The molecule has 1 heterocycles. The molecule has 0 saturated heterocycles. The van der Waals surface area contributed by atoms with E-state index in [4.69, 9.17) is 4.74 Å². The molecule has 0 spiro atoms. The lowest BCUT2D eigenvalue weighted by Crippen LogP contribution is -2.24. The van der Waals surface area contributed by atoms with Crippen LogP contribution in [-0.2, 0) is 6.18 Å². The molecule has 8 heteroatoms. The number of nitrogens with zero attached hydrogens (tertiary/aromatic N) is 2. The third-order valence-corrected chi connectivity index (χ3v) is 4.44. The standard InChI is InChI=1S/C19H16F3N3O2/c1-27-15-10-11(19(20,21)22)9-14-16(15)17(23-12-7-8-12)24-18(26)25(14)13-5-3-2-4-6-13/h2-6,9-10,12H,7-8H2,1H3,(H,23,24,26). The van der Waals surface area contributed by atoms with Gasteiger partial charge in [0.2, 0.25) is 0 Å². The summed E-state index contributed by atoms with van der Waals surface area (Å²) >= 11 is 0. The fraction of sp³-hybridized carbons (Fsp3) is 0.263. The Morgan fingerprint density at radius 1 is 1.19 bits per heavy atom. The van der Waals surface area contributed by atoms with Gasteiger partial charge in [0.15, 0.2) is 0 Å². The van der Waals surface area contributed by atoms with Crippen molar-refractivity contribution in [3.8, 4) is 11.4 Å². The number of halogens is 3. The zero-order chi connectivity index (χ0) is 19.2. The highest BCUT2D eigenvalue weighted by atomic mass is 19.4. The summed E-state index contributed by atoms with van der Waals surface area (Å²) in [7, 11) is 1.30. The van der Waals surface area contributed by atoms with Gasteiger partial charge in [-0.05, 0) is 37.1 Å². The molecule has 0 radical (unpaired) electrons. The first-order valence-electron chi connectivity index (χ1n) is 8.42. The van der Waals surface area contributed by atoms with E-state index in [2.05, 4.69) is 10.3 Å². The van der Waals surface area contributed by atoms with Gasteiger partial charge in [-0.15, -0.1) is 0 Å². The number of hydrogen-bond acceptors (Lipinski definition) is 4. The van der Waals surface area contributed by atoms with Gasteiger partial charge in [-0.1, -0.05) is 18.2 Å². The monoisotopic (exact) mass is 375 g/mol. The number of hydrogen-bond donors (Lipinski definition) is 1. The molecule has 140 valence electrons. The van der Waals surface area contributed by atoms with Crippen LogP contribution in [0.4, 0.5) is 19.0 Å². The summed E-state index contributed by atoms with van der Waals surface area (Å²) in [6.45, 7) is 0. The molecule has 0 aliphatic heterocycles. The van der Waals surface area contributed by atoms with E-state index in [0.29, 0.717) is 11.1 Å². The van der Waals surface area contributed by atoms with Gasteiger partial charge in [0, 0.05) is 6.04 Å². The van der Waals surface area contributed by atoms with Crippen LogP contribution in [0.2, 0.25) is 0 Å². The lowest BCUT2D eigenvalue weighted by Gasteiger charge is -2.18.